The minimum atomic E-state index is -1.11. The van der Waals surface area contributed by atoms with Gasteiger partial charge in [0, 0.05) is 29.6 Å². The van der Waals surface area contributed by atoms with Crippen LogP contribution in [0.3, 0.4) is 0 Å². The van der Waals surface area contributed by atoms with Crippen molar-refractivity contribution in [1.82, 2.24) is 0 Å². The van der Waals surface area contributed by atoms with Gasteiger partial charge < -0.3 is 9.84 Å². The number of unbranched alkanes of at least 4 members (excludes halogenated alkanes) is 7. The van der Waals surface area contributed by atoms with Crippen molar-refractivity contribution in [3.05, 3.63) is 35.4 Å². The number of rotatable bonds is 11. The fourth-order valence-corrected chi connectivity index (χ4v) is 2.33. The van der Waals surface area contributed by atoms with E-state index in [1.165, 1.54) is 44.2 Å². The number of hydrogen-bond acceptors (Lipinski definition) is 3. The third-order valence-electron chi connectivity index (χ3n) is 3.61. The smallest absolute Gasteiger partial charge is 0.339 e. The molecule has 4 nitrogen and oxygen atoms in total. The van der Waals surface area contributed by atoms with Crippen molar-refractivity contribution >= 4 is 41.5 Å². The third-order valence-corrected chi connectivity index (χ3v) is 3.61. The monoisotopic (exact) mass is 329 g/mol. The van der Waals surface area contributed by atoms with E-state index in [-0.39, 0.29) is 40.7 Å². The van der Waals surface area contributed by atoms with E-state index >= 15 is 0 Å². The minimum Gasteiger partial charge on any atom is -0.478 e. The van der Waals surface area contributed by atoms with Gasteiger partial charge in [-0.25, -0.2) is 9.59 Å². The van der Waals surface area contributed by atoms with Crippen molar-refractivity contribution in [3.63, 3.8) is 0 Å². The Labute approximate surface area is 160 Å². The van der Waals surface area contributed by atoms with Crippen molar-refractivity contribution < 1.29 is 19.4 Å². The Morgan fingerprint density at radius 1 is 0.913 bits per heavy atom. The number of hydrogen-bond donors (Lipinski definition) is 1. The molecule has 0 aliphatic rings. The molecule has 1 radical (unpaired) electrons. The van der Waals surface area contributed by atoms with Crippen molar-refractivity contribution in [2.45, 2.75) is 58.3 Å². The Morgan fingerprint density at radius 3 is 2.00 bits per heavy atom. The van der Waals surface area contributed by atoms with Crippen LogP contribution in [0.1, 0.15) is 79.0 Å². The van der Waals surface area contributed by atoms with Gasteiger partial charge in [-0.15, -0.1) is 0 Å². The fourth-order valence-electron chi connectivity index (χ4n) is 2.33. The first-order chi connectivity index (χ1) is 10.7. The molecule has 23 heavy (non-hydrogen) atoms. The maximum atomic E-state index is 11.9. The predicted molar refractivity (Wildman–Crippen MR) is 92.0 cm³/mol. The molecule has 0 atom stereocenters. The quantitative estimate of drug-likeness (QED) is 0.373. The van der Waals surface area contributed by atoms with E-state index in [1.807, 2.05) is 0 Å². The maximum absolute atomic E-state index is 11.9. The Balaban J connectivity index is 0.00000484. The van der Waals surface area contributed by atoms with Crippen LogP contribution in [0.4, 0.5) is 0 Å². The van der Waals surface area contributed by atoms with Gasteiger partial charge in [0.2, 0.25) is 0 Å². The second-order valence-corrected chi connectivity index (χ2v) is 5.46. The van der Waals surface area contributed by atoms with E-state index in [4.69, 9.17) is 9.84 Å². The van der Waals surface area contributed by atoms with Crippen LogP contribution in [0.5, 0.6) is 0 Å². The van der Waals surface area contributed by atoms with Crippen molar-refractivity contribution in [3.8, 4) is 0 Å². The summed E-state index contributed by atoms with van der Waals surface area (Å²) in [6, 6.07) is 6.13. The molecule has 1 aromatic rings. The van der Waals surface area contributed by atoms with Gasteiger partial charge in [-0.05, 0) is 18.6 Å². The molecule has 0 bridgehead atoms. The summed E-state index contributed by atoms with van der Waals surface area (Å²) < 4.78 is 5.16. The minimum absolute atomic E-state index is 0. The molecule has 0 amide bonds. The van der Waals surface area contributed by atoms with Crippen LogP contribution in [0, 0.1) is 0 Å². The van der Waals surface area contributed by atoms with E-state index < -0.39 is 11.9 Å². The molecule has 0 aromatic heterocycles. The molecule has 0 saturated heterocycles. The van der Waals surface area contributed by atoms with Gasteiger partial charge in [0.05, 0.1) is 17.7 Å². The molecule has 123 valence electrons. The molecule has 0 aliphatic heterocycles. The third kappa shape index (κ3) is 9.14. The molecule has 0 fully saturated rings. The van der Waals surface area contributed by atoms with Crippen LogP contribution in [0.25, 0.3) is 0 Å². The van der Waals surface area contributed by atoms with E-state index in [0.717, 1.165) is 19.3 Å². The Bertz CT molecular complexity index is 474. The molecular weight excluding hydrogens is 303 g/mol. The maximum Gasteiger partial charge on any atom is 0.339 e. The topological polar surface area (TPSA) is 63.6 Å². The van der Waals surface area contributed by atoms with E-state index in [2.05, 4.69) is 6.92 Å². The summed E-state index contributed by atoms with van der Waals surface area (Å²) in [4.78, 5) is 22.9. The Hall–Kier alpha value is -0.840. The van der Waals surface area contributed by atoms with Crippen LogP contribution in [-0.4, -0.2) is 53.2 Å². The molecule has 0 saturated carbocycles. The van der Waals surface area contributed by atoms with Crippen LogP contribution in [0.15, 0.2) is 24.3 Å². The predicted octanol–water partition coefficient (Wildman–Crippen LogP) is 4.30. The van der Waals surface area contributed by atoms with E-state index in [0.29, 0.717) is 6.61 Å². The summed E-state index contributed by atoms with van der Waals surface area (Å²) in [5.74, 6) is -1.67. The van der Waals surface area contributed by atoms with Crippen LogP contribution < -0.4 is 0 Å². The van der Waals surface area contributed by atoms with Crippen molar-refractivity contribution in [2.24, 2.45) is 0 Å². The first-order valence-electron chi connectivity index (χ1n) is 8.16. The fraction of sp³-hybridized carbons (Fsp3) is 0.556. The second-order valence-electron chi connectivity index (χ2n) is 5.46. The van der Waals surface area contributed by atoms with Gasteiger partial charge in [-0.3, -0.25) is 0 Å². The molecular formula is C18H26NaO4. The average molecular weight is 329 g/mol. The number of carboxylic acids is 1. The number of carboxylic acid groups (broad SMARTS) is 1. The molecule has 1 aromatic carbocycles. The summed E-state index contributed by atoms with van der Waals surface area (Å²) in [6.07, 6.45) is 9.41. The van der Waals surface area contributed by atoms with E-state index in [9.17, 15) is 9.59 Å². The van der Waals surface area contributed by atoms with Gasteiger partial charge in [0.25, 0.3) is 0 Å². The zero-order chi connectivity index (χ0) is 16.2. The largest absolute Gasteiger partial charge is 0.478 e. The summed E-state index contributed by atoms with van der Waals surface area (Å²) in [6.45, 7) is 2.55. The number of aromatic carboxylic acids is 1. The number of ether oxygens (including phenoxy) is 1. The zero-order valence-corrected chi connectivity index (χ0v) is 16.3. The van der Waals surface area contributed by atoms with Crippen LogP contribution in [0.2, 0.25) is 0 Å². The van der Waals surface area contributed by atoms with Crippen molar-refractivity contribution in [2.75, 3.05) is 6.61 Å². The SMILES string of the molecule is CCCCCCCCCCOC(=O)c1ccccc1C(=O)O.[Na]. The van der Waals surface area contributed by atoms with E-state index in [1.54, 1.807) is 12.1 Å². The molecule has 0 heterocycles. The Kier molecular flexibility index (Phi) is 13.1. The summed E-state index contributed by atoms with van der Waals surface area (Å²) in [5.41, 5.74) is 0.109. The number of carbonyl (C=O) groups excluding carboxylic acids is 1. The molecule has 0 spiro atoms. The van der Waals surface area contributed by atoms with Crippen molar-refractivity contribution in [1.29, 1.82) is 0 Å². The first kappa shape index (κ1) is 22.2. The number of benzene rings is 1. The normalized spacial score (nSPS) is 9.96. The van der Waals surface area contributed by atoms with Gasteiger partial charge in [-0.2, -0.15) is 0 Å². The van der Waals surface area contributed by atoms with Gasteiger partial charge in [0.15, 0.2) is 0 Å². The summed E-state index contributed by atoms with van der Waals surface area (Å²) in [5, 5.41) is 9.04. The zero-order valence-electron chi connectivity index (χ0n) is 14.3. The summed E-state index contributed by atoms with van der Waals surface area (Å²) in [7, 11) is 0. The van der Waals surface area contributed by atoms with Crippen LogP contribution in [-0.2, 0) is 4.74 Å². The number of carbonyl (C=O) groups is 2. The average Bonchev–Trinajstić information content (AvgIpc) is 2.53. The van der Waals surface area contributed by atoms with Gasteiger partial charge in [-0.1, -0.05) is 64.0 Å². The molecule has 1 N–H and O–H groups in total. The molecule has 1 rings (SSSR count). The molecule has 5 heteroatoms. The second kappa shape index (κ2) is 13.6. The van der Waals surface area contributed by atoms with Gasteiger partial charge >= 0.3 is 11.9 Å². The van der Waals surface area contributed by atoms with Crippen LogP contribution >= 0.6 is 0 Å². The number of esters is 1. The first-order valence-corrected chi connectivity index (χ1v) is 8.16. The standard InChI is InChI=1S/C18H26O4.Na/c1-2-3-4-5-6-7-8-11-14-22-18(21)16-13-10-9-12-15(16)17(19)20;/h9-10,12-13H,2-8,11,14H2,1H3,(H,19,20);. The Morgan fingerprint density at radius 2 is 1.43 bits per heavy atom. The van der Waals surface area contributed by atoms with Gasteiger partial charge in [0.1, 0.15) is 0 Å². The summed E-state index contributed by atoms with van der Waals surface area (Å²) >= 11 is 0. The molecule has 0 unspecified atom stereocenters. The molecule has 0 aliphatic carbocycles.